The molecule has 0 amide bonds. The Balaban J connectivity index is 1.43. The number of ketones is 1. The van der Waals surface area contributed by atoms with Gasteiger partial charge in [0.2, 0.25) is 12.1 Å². The first-order chi connectivity index (χ1) is 15.2. The van der Waals surface area contributed by atoms with Gasteiger partial charge in [-0.25, -0.2) is 9.13 Å². The van der Waals surface area contributed by atoms with Crippen molar-refractivity contribution in [2.75, 3.05) is 0 Å². The van der Waals surface area contributed by atoms with Crippen molar-refractivity contribution in [2.24, 2.45) is 0 Å². The Hall–Kier alpha value is -3.44. The molecule has 0 aliphatic carbocycles. The molecule has 0 saturated heterocycles. The zero-order valence-electron chi connectivity index (χ0n) is 16.7. The number of carbonyl (C=O) groups excluding carboxylic acids is 1. The number of benzene rings is 3. The van der Waals surface area contributed by atoms with Crippen LogP contribution >= 0.6 is 15.9 Å². The lowest BCUT2D eigenvalue weighted by Crippen LogP contribution is -2.32. The number of para-hydroxylation sites is 1. The lowest BCUT2D eigenvalue weighted by molar-refractivity contribution is -0.687. The summed E-state index contributed by atoms with van der Waals surface area (Å²) in [5.41, 5.74) is 3.76. The Bertz CT molecular complexity index is 1350. The van der Waals surface area contributed by atoms with E-state index < -0.39 is 0 Å². The first-order valence-corrected chi connectivity index (χ1v) is 10.9. The minimum Gasteiger partial charge on any atom is -0.456 e. The molecule has 0 unspecified atom stereocenters. The van der Waals surface area contributed by atoms with Gasteiger partial charge in [-0.2, -0.15) is 0 Å². The molecule has 0 atom stereocenters. The number of furan rings is 1. The fourth-order valence-electron chi connectivity index (χ4n) is 3.78. The molecule has 2 heterocycles. The Morgan fingerprint density at radius 1 is 0.935 bits per heavy atom. The fraction of sp³-hybridized carbons (Fsp3) is 0.0769. The van der Waals surface area contributed by atoms with Gasteiger partial charge in [0.15, 0.2) is 6.54 Å². The highest BCUT2D eigenvalue weighted by Crippen LogP contribution is 2.33. The number of fused-ring (bicyclic) bond motifs is 1. The van der Waals surface area contributed by atoms with E-state index in [9.17, 15) is 4.79 Å². The molecule has 2 aromatic heterocycles. The van der Waals surface area contributed by atoms with Gasteiger partial charge in [-0.3, -0.25) is 4.79 Å². The first-order valence-electron chi connectivity index (χ1n) is 10.1. The third kappa shape index (κ3) is 4.09. The third-order valence-electron chi connectivity index (χ3n) is 5.31. The van der Waals surface area contributed by atoms with Gasteiger partial charge < -0.3 is 4.42 Å². The van der Waals surface area contributed by atoms with Crippen LogP contribution < -0.4 is 4.57 Å². The molecule has 3 aromatic carbocycles. The van der Waals surface area contributed by atoms with E-state index in [0.29, 0.717) is 18.7 Å². The predicted molar refractivity (Wildman–Crippen MR) is 124 cm³/mol. The van der Waals surface area contributed by atoms with Gasteiger partial charge in [0, 0.05) is 26.5 Å². The number of aromatic nitrogens is 2. The molecule has 152 valence electrons. The topological polar surface area (TPSA) is 39.0 Å². The maximum absolute atomic E-state index is 12.6. The summed E-state index contributed by atoms with van der Waals surface area (Å²) >= 11 is 3.41. The van der Waals surface area contributed by atoms with E-state index in [-0.39, 0.29) is 5.78 Å². The highest BCUT2D eigenvalue weighted by Gasteiger charge is 2.19. The zero-order chi connectivity index (χ0) is 21.2. The monoisotopic (exact) mass is 471 g/mol. The molecular weight excluding hydrogens is 452 g/mol. The van der Waals surface area contributed by atoms with E-state index in [1.807, 2.05) is 84.0 Å². The number of hydrogen-bond donors (Lipinski definition) is 0. The van der Waals surface area contributed by atoms with Gasteiger partial charge in [0.25, 0.3) is 0 Å². The van der Waals surface area contributed by atoms with E-state index in [1.54, 1.807) is 0 Å². The van der Waals surface area contributed by atoms with Crippen molar-refractivity contribution in [1.29, 1.82) is 0 Å². The van der Waals surface area contributed by atoms with Crippen LogP contribution in [0.5, 0.6) is 0 Å². The van der Waals surface area contributed by atoms with Gasteiger partial charge >= 0.3 is 0 Å². The number of hydrogen-bond acceptors (Lipinski definition) is 2. The molecule has 0 N–H and O–H groups in total. The number of halogens is 1. The lowest BCUT2D eigenvalue weighted by atomic mass is 10.1. The number of rotatable bonds is 6. The summed E-state index contributed by atoms with van der Waals surface area (Å²) < 4.78 is 11.2. The summed E-state index contributed by atoms with van der Waals surface area (Å²) in [6.45, 7) is 0.951. The van der Waals surface area contributed by atoms with Crippen molar-refractivity contribution in [3.8, 4) is 11.3 Å². The standard InChI is InChI=1S/C26H20BrN2O2/c27-21-12-10-19(11-13-21)24(30)17-29-15-14-28(18-29)16-23-22-8-4-5-9-25(22)31-26(23)20-6-2-1-3-7-20/h1-15,18H,16-17H2/q+1. The molecule has 0 aliphatic heterocycles. The lowest BCUT2D eigenvalue weighted by Gasteiger charge is -2.02. The van der Waals surface area contributed by atoms with Crippen molar-refractivity contribution in [2.45, 2.75) is 13.1 Å². The Labute approximate surface area is 188 Å². The van der Waals surface area contributed by atoms with Gasteiger partial charge in [-0.05, 0) is 18.2 Å². The van der Waals surface area contributed by atoms with Crippen LogP contribution in [0.4, 0.5) is 0 Å². The molecule has 5 heteroatoms. The minimum atomic E-state index is 0.0778. The Morgan fingerprint density at radius 2 is 1.68 bits per heavy atom. The Kier molecular flexibility index (Phi) is 5.26. The number of Topliss-reactive ketones (excluding diaryl/α,β-unsaturated/α-hetero) is 1. The van der Waals surface area contributed by atoms with Gasteiger partial charge in [-0.15, -0.1) is 0 Å². The van der Waals surface area contributed by atoms with Gasteiger partial charge in [-0.1, -0.05) is 76.6 Å². The van der Waals surface area contributed by atoms with Crippen molar-refractivity contribution in [1.82, 2.24) is 4.57 Å². The normalized spacial score (nSPS) is 11.1. The summed E-state index contributed by atoms with van der Waals surface area (Å²) in [5.74, 6) is 0.960. The number of carbonyl (C=O) groups is 1. The van der Waals surface area contributed by atoms with E-state index in [2.05, 4.69) is 38.7 Å². The SMILES string of the molecule is O=C(Cn1cc[n+](Cc2c(-c3ccccc3)oc3ccccc23)c1)c1ccc(Br)cc1. The average molecular weight is 472 g/mol. The van der Waals surface area contributed by atoms with Crippen LogP contribution in [0.1, 0.15) is 15.9 Å². The molecule has 0 radical (unpaired) electrons. The quantitative estimate of drug-likeness (QED) is 0.229. The van der Waals surface area contributed by atoms with Crippen LogP contribution in [0, 0.1) is 0 Å². The molecule has 0 fully saturated rings. The number of nitrogens with zero attached hydrogens (tertiary/aromatic N) is 2. The van der Waals surface area contributed by atoms with E-state index in [1.165, 1.54) is 0 Å². The molecular formula is C26H20BrN2O2+. The fourth-order valence-corrected chi connectivity index (χ4v) is 4.04. The summed E-state index contributed by atoms with van der Waals surface area (Å²) in [4.78, 5) is 12.6. The summed E-state index contributed by atoms with van der Waals surface area (Å²) in [6.07, 6.45) is 5.89. The van der Waals surface area contributed by atoms with Crippen molar-refractivity contribution < 1.29 is 13.8 Å². The summed E-state index contributed by atoms with van der Waals surface area (Å²) in [7, 11) is 0. The van der Waals surface area contributed by atoms with Crippen LogP contribution in [0.15, 0.2) is 106 Å². The summed E-state index contributed by atoms with van der Waals surface area (Å²) in [5, 5.41) is 1.10. The minimum absolute atomic E-state index is 0.0778. The van der Waals surface area contributed by atoms with Crippen LogP contribution in [0.2, 0.25) is 0 Å². The second kappa shape index (κ2) is 8.36. The van der Waals surface area contributed by atoms with Gasteiger partial charge in [0.1, 0.15) is 30.3 Å². The van der Waals surface area contributed by atoms with Crippen LogP contribution in [0.25, 0.3) is 22.3 Å². The molecule has 4 nitrogen and oxygen atoms in total. The predicted octanol–water partition coefficient (Wildman–Crippen LogP) is 5.88. The average Bonchev–Trinajstić information content (AvgIpc) is 3.39. The maximum Gasteiger partial charge on any atom is 0.244 e. The van der Waals surface area contributed by atoms with E-state index >= 15 is 0 Å². The molecule has 0 saturated carbocycles. The molecule has 5 aromatic rings. The van der Waals surface area contributed by atoms with Crippen LogP contribution in [-0.2, 0) is 13.1 Å². The third-order valence-corrected chi connectivity index (χ3v) is 5.84. The molecule has 0 spiro atoms. The smallest absolute Gasteiger partial charge is 0.244 e. The van der Waals surface area contributed by atoms with Gasteiger partial charge in [0.05, 0.1) is 0 Å². The van der Waals surface area contributed by atoms with Crippen molar-refractivity contribution in [3.63, 3.8) is 0 Å². The zero-order valence-corrected chi connectivity index (χ0v) is 18.3. The largest absolute Gasteiger partial charge is 0.456 e. The maximum atomic E-state index is 12.6. The second-order valence-corrected chi connectivity index (χ2v) is 8.38. The molecule has 31 heavy (non-hydrogen) atoms. The Morgan fingerprint density at radius 3 is 2.48 bits per heavy atom. The first kappa shape index (κ1) is 19.5. The highest BCUT2D eigenvalue weighted by molar-refractivity contribution is 9.10. The van der Waals surface area contributed by atoms with E-state index in [0.717, 1.165) is 32.3 Å². The molecule has 5 rings (SSSR count). The summed E-state index contributed by atoms with van der Waals surface area (Å²) in [6, 6.07) is 25.7. The second-order valence-electron chi connectivity index (χ2n) is 7.46. The molecule has 0 aliphatic rings. The van der Waals surface area contributed by atoms with Crippen molar-refractivity contribution in [3.05, 3.63) is 113 Å². The van der Waals surface area contributed by atoms with Crippen LogP contribution in [-0.4, -0.2) is 10.4 Å². The van der Waals surface area contributed by atoms with Crippen molar-refractivity contribution >= 4 is 32.7 Å². The number of imidazole rings is 1. The molecule has 0 bridgehead atoms. The van der Waals surface area contributed by atoms with E-state index in [4.69, 9.17) is 4.42 Å². The van der Waals surface area contributed by atoms with Crippen LogP contribution in [0.3, 0.4) is 0 Å². The highest BCUT2D eigenvalue weighted by atomic mass is 79.9.